The van der Waals surface area contributed by atoms with Gasteiger partial charge in [-0.2, -0.15) is 0 Å². The highest BCUT2D eigenvalue weighted by Crippen LogP contribution is 2.26. The lowest BCUT2D eigenvalue weighted by atomic mass is 10.1. The molecule has 15 heteroatoms. The Bertz CT molecular complexity index is 1570. The van der Waals surface area contributed by atoms with Crippen molar-refractivity contribution in [1.29, 1.82) is 0 Å². The minimum absolute atomic E-state index is 0.335. The number of esters is 2. The number of amides is 1. The predicted molar refractivity (Wildman–Crippen MR) is 194 cm³/mol. The Morgan fingerprint density at radius 2 is 1.13 bits per heavy atom. The topological polar surface area (TPSA) is 167 Å². The molecule has 3 aromatic rings. The number of rotatable bonds is 9. The number of hydrogen-bond acceptors (Lipinski definition) is 14. The number of carbonyl (C=O) groups excluding carboxylic acids is 3. The number of nitrogens with one attached hydrogen (secondary N) is 2. The summed E-state index contributed by atoms with van der Waals surface area (Å²) in [7, 11) is 6.13. The van der Waals surface area contributed by atoms with Gasteiger partial charge in [0.2, 0.25) is 0 Å². The van der Waals surface area contributed by atoms with Gasteiger partial charge in [0.05, 0.1) is 38.6 Å². The fourth-order valence-electron chi connectivity index (χ4n) is 5.66. The minimum Gasteiger partial charge on any atom is -0.492 e. The van der Waals surface area contributed by atoms with Crippen LogP contribution in [0.15, 0.2) is 54.6 Å². The molecule has 0 aliphatic carbocycles. The molecule has 0 atom stereocenters. The van der Waals surface area contributed by atoms with Crippen LogP contribution in [-0.2, 0) is 38.6 Å². The molecule has 0 radical (unpaired) electrons. The largest absolute Gasteiger partial charge is 0.492 e. The van der Waals surface area contributed by atoms with Crippen LogP contribution in [0.5, 0.6) is 17.2 Å². The van der Waals surface area contributed by atoms with Crippen LogP contribution in [0.25, 0.3) is 0 Å². The molecule has 0 aromatic heterocycles. The number of carbonyl (C=O) groups is 3. The van der Waals surface area contributed by atoms with Gasteiger partial charge < -0.3 is 38.5 Å². The second kappa shape index (κ2) is 21.7. The number of benzene rings is 3. The summed E-state index contributed by atoms with van der Waals surface area (Å²) in [6.45, 7) is 9.75. The summed E-state index contributed by atoms with van der Waals surface area (Å²) in [4.78, 5) is 38.6. The van der Waals surface area contributed by atoms with Gasteiger partial charge in [-0.25, -0.2) is 15.1 Å². The van der Waals surface area contributed by atoms with Crippen molar-refractivity contribution in [3.63, 3.8) is 0 Å². The lowest BCUT2D eigenvalue weighted by molar-refractivity contribution is 0.0591. The van der Waals surface area contributed by atoms with Gasteiger partial charge in [0.15, 0.2) is 0 Å². The number of nitrogens with zero attached hydrogens (tertiary/aromatic N) is 2. The average Bonchev–Trinajstić information content (AvgIpc) is 3.65. The first-order valence-electron chi connectivity index (χ1n) is 17.3. The summed E-state index contributed by atoms with van der Waals surface area (Å²) in [6, 6.07) is 16.0. The highest BCUT2D eigenvalue weighted by atomic mass is 16.5. The Morgan fingerprint density at radius 3 is 1.62 bits per heavy atom. The van der Waals surface area contributed by atoms with E-state index in [0.717, 1.165) is 80.5 Å². The van der Waals surface area contributed by atoms with Crippen molar-refractivity contribution in [2.24, 2.45) is 0 Å². The Balaban J connectivity index is 0.000000179. The van der Waals surface area contributed by atoms with Crippen LogP contribution >= 0.6 is 0 Å². The molecule has 3 N–H and O–H groups in total. The molecule has 288 valence electrons. The Labute approximate surface area is 309 Å². The van der Waals surface area contributed by atoms with Gasteiger partial charge in [-0.1, -0.05) is 18.2 Å². The molecule has 0 saturated heterocycles. The van der Waals surface area contributed by atoms with E-state index in [0.29, 0.717) is 55.5 Å². The molecule has 15 nitrogen and oxygen atoms in total. The summed E-state index contributed by atoms with van der Waals surface area (Å²) in [6.07, 6.45) is 0. The number of fused-ring (bicyclic) bond motifs is 3. The monoisotopic (exact) mass is 738 g/mol. The number of ether oxygens (including phenoxy) is 7. The third kappa shape index (κ3) is 12.4. The molecule has 0 fully saturated rings. The molecule has 3 aromatic carbocycles. The SMILES string of the molecule is COC(=O)c1ccc2c(c1)OCCNC2.COCCN1CCOc2cc(C(=O)NO)ccc2C1.COCCN1CCOc2cc(C(=O)OC)ccc2C1. The second-order valence-electron chi connectivity index (χ2n) is 12.2. The standard InChI is InChI=1S/C14H19NO4.C13H18N2O4.C11H13NO3/c1-17-7-5-15-6-8-19-13-9-11(14(16)18-2)3-4-12(13)10-15;1-18-6-4-15-5-7-19-12-8-10(13(16)14-17)2-3-11(12)9-15;1-14-11(13)8-2-3-9-7-12-4-5-15-10(9)6-8/h3-4,9H,5-8,10H2,1-2H3;2-3,8,17H,4-7,9H2,1H3,(H,14,16);2-3,6,12H,4-5,7H2,1H3. The van der Waals surface area contributed by atoms with Gasteiger partial charge in [0, 0.05) is 88.8 Å². The molecule has 0 unspecified atom stereocenters. The lowest BCUT2D eigenvalue weighted by Gasteiger charge is -2.18. The molecule has 0 saturated carbocycles. The first kappa shape index (κ1) is 41.0. The van der Waals surface area contributed by atoms with Crippen LogP contribution in [-0.4, -0.2) is 127 Å². The Kier molecular flexibility index (Phi) is 16.8. The van der Waals surface area contributed by atoms with Gasteiger partial charge in [-0.15, -0.1) is 0 Å². The third-order valence-electron chi connectivity index (χ3n) is 8.60. The van der Waals surface area contributed by atoms with Crippen LogP contribution in [0.3, 0.4) is 0 Å². The highest BCUT2D eigenvalue weighted by molar-refractivity contribution is 5.94. The van der Waals surface area contributed by atoms with Crippen LogP contribution < -0.4 is 25.0 Å². The molecule has 0 bridgehead atoms. The highest BCUT2D eigenvalue weighted by Gasteiger charge is 2.19. The van der Waals surface area contributed by atoms with Gasteiger partial charge >= 0.3 is 11.9 Å². The molecule has 3 heterocycles. The zero-order valence-electron chi connectivity index (χ0n) is 30.8. The summed E-state index contributed by atoms with van der Waals surface area (Å²) >= 11 is 0. The summed E-state index contributed by atoms with van der Waals surface area (Å²) in [5.41, 5.74) is 6.23. The second-order valence-corrected chi connectivity index (χ2v) is 12.2. The molecule has 6 rings (SSSR count). The zero-order chi connectivity index (χ0) is 38.0. The van der Waals surface area contributed by atoms with E-state index in [1.807, 2.05) is 18.2 Å². The molecule has 53 heavy (non-hydrogen) atoms. The van der Waals surface area contributed by atoms with E-state index in [1.54, 1.807) is 56.1 Å². The fraction of sp³-hybridized carbons (Fsp3) is 0.447. The van der Waals surface area contributed by atoms with E-state index in [1.165, 1.54) is 14.2 Å². The number of hydroxylamine groups is 1. The third-order valence-corrected chi connectivity index (χ3v) is 8.60. The van der Waals surface area contributed by atoms with Crippen molar-refractivity contribution in [2.45, 2.75) is 19.6 Å². The molecular formula is C38H50N4O11. The van der Waals surface area contributed by atoms with E-state index in [-0.39, 0.29) is 11.9 Å². The lowest BCUT2D eigenvalue weighted by Crippen LogP contribution is -2.29. The van der Waals surface area contributed by atoms with Crippen molar-refractivity contribution in [3.8, 4) is 17.2 Å². The molecule has 3 aliphatic rings. The van der Waals surface area contributed by atoms with E-state index >= 15 is 0 Å². The molecule has 1 amide bonds. The van der Waals surface area contributed by atoms with Crippen LogP contribution in [0.1, 0.15) is 47.8 Å². The summed E-state index contributed by atoms with van der Waals surface area (Å²) < 4.78 is 36.4. The maximum atomic E-state index is 11.5. The van der Waals surface area contributed by atoms with Crippen molar-refractivity contribution in [1.82, 2.24) is 20.6 Å². The first-order chi connectivity index (χ1) is 25.8. The fourth-order valence-corrected chi connectivity index (χ4v) is 5.66. The van der Waals surface area contributed by atoms with E-state index in [4.69, 9.17) is 33.6 Å². The minimum atomic E-state index is -0.535. The Hall–Kier alpha value is -4.77. The molecule has 0 spiro atoms. The van der Waals surface area contributed by atoms with Gasteiger partial charge in [0.1, 0.15) is 37.1 Å². The summed E-state index contributed by atoms with van der Waals surface area (Å²) in [5.74, 6) is 1.02. The molecule has 3 aliphatic heterocycles. The van der Waals surface area contributed by atoms with Crippen molar-refractivity contribution in [2.75, 3.05) is 94.2 Å². The predicted octanol–water partition coefficient (Wildman–Crippen LogP) is 2.92. The van der Waals surface area contributed by atoms with Crippen LogP contribution in [0.2, 0.25) is 0 Å². The van der Waals surface area contributed by atoms with Crippen molar-refractivity contribution in [3.05, 3.63) is 88.0 Å². The normalized spacial score (nSPS) is 15.1. The van der Waals surface area contributed by atoms with Crippen LogP contribution in [0.4, 0.5) is 0 Å². The Morgan fingerprint density at radius 1 is 0.679 bits per heavy atom. The first-order valence-corrected chi connectivity index (χ1v) is 17.3. The molecular weight excluding hydrogens is 688 g/mol. The van der Waals surface area contributed by atoms with Gasteiger partial charge in [0.25, 0.3) is 5.91 Å². The quantitative estimate of drug-likeness (QED) is 0.167. The van der Waals surface area contributed by atoms with Crippen molar-refractivity contribution < 1.29 is 52.7 Å². The maximum Gasteiger partial charge on any atom is 0.337 e. The van der Waals surface area contributed by atoms with Gasteiger partial charge in [-0.3, -0.25) is 19.8 Å². The number of methoxy groups -OCH3 is 4. The smallest absolute Gasteiger partial charge is 0.337 e. The van der Waals surface area contributed by atoms with Gasteiger partial charge in [-0.05, 0) is 36.4 Å². The zero-order valence-corrected chi connectivity index (χ0v) is 30.8. The maximum absolute atomic E-state index is 11.5. The average molecular weight is 739 g/mol. The van der Waals surface area contributed by atoms with Crippen LogP contribution in [0, 0.1) is 0 Å². The van der Waals surface area contributed by atoms with E-state index < -0.39 is 5.91 Å². The van der Waals surface area contributed by atoms with E-state index in [2.05, 4.69) is 19.9 Å². The van der Waals surface area contributed by atoms with E-state index in [9.17, 15) is 14.4 Å². The number of hydrogen-bond donors (Lipinski definition) is 3. The summed E-state index contributed by atoms with van der Waals surface area (Å²) in [5, 5.41) is 11.8. The van der Waals surface area contributed by atoms with Crippen molar-refractivity contribution >= 4 is 17.8 Å².